The van der Waals surface area contributed by atoms with Crippen LogP contribution in [-0.2, 0) is 22.6 Å². The fraction of sp³-hybridized carbons (Fsp3) is 0.333. The molecule has 0 spiro atoms. The maximum atomic E-state index is 13.9. The van der Waals surface area contributed by atoms with Crippen molar-refractivity contribution in [3.05, 3.63) is 95.6 Å². The van der Waals surface area contributed by atoms with E-state index in [2.05, 4.69) is 36.5 Å². The van der Waals surface area contributed by atoms with Crippen LogP contribution in [0.1, 0.15) is 42.4 Å². The zero-order chi connectivity index (χ0) is 24.8. The van der Waals surface area contributed by atoms with Crippen molar-refractivity contribution in [2.45, 2.75) is 51.1 Å². The van der Waals surface area contributed by atoms with Crippen molar-refractivity contribution in [2.75, 3.05) is 24.3 Å². The first kappa shape index (κ1) is 24.5. The molecule has 1 aliphatic carbocycles. The van der Waals surface area contributed by atoms with E-state index in [9.17, 15) is 9.59 Å². The summed E-state index contributed by atoms with van der Waals surface area (Å²) in [5, 5.41) is 3.13. The van der Waals surface area contributed by atoms with Gasteiger partial charge in [0.15, 0.2) is 0 Å². The number of carbonyl (C=O) groups is 2. The quantitative estimate of drug-likeness (QED) is 0.468. The average molecular weight is 470 g/mol. The van der Waals surface area contributed by atoms with Gasteiger partial charge in [0.25, 0.3) is 0 Å². The fourth-order valence-electron chi connectivity index (χ4n) is 4.89. The molecule has 0 bridgehead atoms. The minimum atomic E-state index is -0.864. The molecule has 0 atom stereocenters. The van der Waals surface area contributed by atoms with Crippen LogP contribution in [0.5, 0.6) is 0 Å². The van der Waals surface area contributed by atoms with E-state index >= 15 is 0 Å². The van der Waals surface area contributed by atoms with Gasteiger partial charge in [-0.2, -0.15) is 0 Å². The van der Waals surface area contributed by atoms with Gasteiger partial charge >= 0.3 is 0 Å². The first-order valence-electron chi connectivity index (χ1n) is 12.4. The molecular formula is C30H35N3O2. The van der Waals surface area contributed by atoms with Crippen LogP contribution in [0.15, 0.2) is 78.9 Å². The minimum Gasteiger partial charge on any atom is -0.378 e. The number of carbonyl (C=O) groups excluding carboxylic acids is 2. The highest BCUT2D eigenvalue weighted by Gasteiger charge is 2.48. The molecule has 0 heterocycles. The third-order valence-electron chi connectivity index (χ3n) is 6.97. The van der Waals surface area contributed by atoms with Crippen molar-refractivity contribution in [1.82, 2.24) is 4.90 Å². The van der Waals surface area contributed by atoms with Crippen molar-refractivity contribution in [2.24, 2.45) is 0 Å². The summed E-state index contributed by atoms with van der Waals surface area (Å²) < 4.78 is 0. The molecule has 5 nitrogen and oxygen atoms in total. The molecule has 35 heavy (non-hydrogen) atoms. The monoisotopic (exact) mass is 469 g/mol. The van der Waals surface area contributed by atoms with Crippen molar-refractivity contribution >= 4 is 23.2 Å². The first-order chi connectivity index (χ1) is 16.9. The second-order valence-corrected chi connectivity index (χ2v) is 9.76. The van der Waals surface area contributed by atoms with Crippen molar-refractivity contribution in [3.63, 3.8) is 0 Å². The number of aryl methyl sites for hydroxylation is 1. The zero-order valence-electron chi connectivity index (χ0n) is 21.0. The number of rotatable bonds is 8. The Balaban J connectivity index is 1.64. The predicted octanol–water partition coefficient (Wildman–Crippen LogP) is 5.58. The van der Waals surface area contributed by atoms with Crippen LogP contribution < -0.4 is 10.2 Å². The van der Waals surface area contributed by atoms with Crippen LogP contribution in [0.3, 0.4) is 0 Å². The molecule has 0 saturated heterocycles. The summed E-state index contributed by atoms with van der Waals surface area (Å²) in [6, 6.07) is 25.8. The highest BCUT2D eigenvalue weighted by Crippen LogP contribution is 2.38. The van der Waals surface area contributed by atoms with Gasteiger partial charge in [0.05, 0.1) is 6.42 Å². The van der Waals surface area contributed by atoms with E-state index in [1.54, 1.807) is 0 Å². The topological polar surface area (TPSA) is 52.7 Å². The second kappa shape index (κ2) is 10.8. The van der Waals surface area contributed by atoms with Crippen LogP contribution >= 0.6 is 0 Å². The number of hydrogen-bond acceptors (Lipinski definition) is 3. The Hall–Kier alpha value is -3.60. The molecule has 5 heteroatoms. The van der Waals surface area contributed by atoms with Crippen molar-refractivity contribution < 1.29 is 9.59 Å². The lowest BCUT2D eigenvalue weighted by atomic mass is 9.91. The summed E-state index contributed by atoms with van der Waals surface area (Å²) in [5.41, 5.74) is 4.11. The van der Waals surface area contributed by atoms with Crippen LogP contribution in [0.2, 0.25) is 0 Å². The van der Waals surface area contributed by atoms with Gasteiger partial charge in [0.2, 0.25) is 11.8 Å². The molecule has 1 fully saturated rings. The predicted molar refractivity (Wildman–Crippen MR) is 142 cm³/mol. The van der Waals surface area contributed by atoms with Gasteiger partial charge in [-0.15, -0.1) is 0 Å². The molecular weight excluding hydrogens is 434 g/mol. The third-order valence-corrected chi connectivity index (χ3v) is 6.97. The molecule has 2 amide bonds. The number of amides is 2. The molecule has 0 aliphatic heterocycles. The van der Waals surface area contributed by atoms with E-state index in [4.69, 9.17) is 0 Å². The fourth-order valence-corrected chi connectivity index (χ4v) is 4.89. The zero-order valence-corrected chi connectivity index (χ0v) is 21.0. The van der Waals surface area contributed by atoms with Crippen LogP contribution in [-0.4, -0.2) is 36.3 Å². The average Bonchev–Trinajstić information content (AvgIpc) is 3.35. The Labute approximate surface area is 208 Å². The van der Waals surface area contributed by atoms with E-state index < -0.39 is 5.54 Å². The number of hydrogen-bond donors (Lipinski definition) is 1. The number of anilines is 2. The van der Waals surface area contributed by atoms with E-state index in [1.165, 1.54) is 5.56 Å². The third kappa shape index (κ3) is 5.73. The smallest absolute Gasteiger partial charge is 0.250 e. The van der Waals surface area contributed by atoms with Gasteiger partial charge in [0, 0.05) is 32.0 Å². The van der Waals surface area contributed by atoms with Crippen LogP contribution in [0.4, 0.5) is 11.4 Å². The normalized spacial score (nSPS) is 14.4. The molecule has 4 rings (SSSR count). The largest absolute Gasteiger partial charge is 0.378 e. The Morgan fingerprint density at radius 3 is 2.06 bits per heavy atom. The highest BCUT2D eigenvalue weighted by molar-refractivity contribution is 6.01. The molecule has 1 saturated carbocycles. The van der Waals surface area contributed by atoms with Gasteiger partial charge < -0.3 is 15.1 Å². The minimum absolute atomic E-state index is 0.0169. The van der Waals surface area contributed by atoms with E-state index in [0.717, 1.165) is 35.3 Å². The van der Waals surface area contributed by atoms with E-state index in [-0.39, 0.29) is 18.2 Å². The first-order valence-corrected chi connectivity index (χ1v) is 12.4. The Bertz CT molecular complexity index is 1130. The lowest BCUT2D eigenvalue weighted by Gasteiger charge is -2.40. The summed E-state index contributed by atoms with van der Waals surface area (Å²) in [4.78, 5) is 31.5. The summed E-state index contributed by atoms with van der Waals surface area (Å²) in [6.45, 7) is 2.47. The molecule has 0 radical (unpaired) electrons. The molecule has 0 aromatic heterocycles. The van der Waals surface area contributed by atoms with E-state index in [0.29, 0.717) is 19.4 Å². The van der Waals surface area contributed by atoms with Gasteiger partial charge in [-0.05, 0) is 55.2 Å². The maximum absolute atomic E-state index is 13.9. The summed E-state index contributed by atoms with van der Waals surface area (Å²) in [6.07, 6.45) is 3.47. The molecule has 1 N–H and O–H groups in total. The number of benzene rings is 3. The van der Waals surface area contributed by atoms with Gasteiger partial charge in [-0.25, -0.2) is 0 Å². The van der Waals surface area contributed by atoms with Crippen LogP contribution in [0, 0.1) is 6.92 Å². The number of nitrogens with one attached hydrogen (secondary N) is 1. The SMILES string of the molecule is Cc1ccc(CN(C(=O)Cc2ccccc2)C2(C(=O)Nc3ccc(N(C)C)cc3)CCCC2)cc1. The molecule has 0 unspecified atom stereocenters. The maximum Gasteiger partial charge on any atom is 0.250 e. The Morgan fingerprint density at radius 2 is 1.46 bits per heavy atom. The Kier molecular flexibility index (Phi) is 7.54. The van der Waals surface area contributed by atoms with Crippen molar-refractivity contribution in [3.8, 4) is 0 Å². The second-order valence-electron chi connectivity index (χ2n) is 9.76. The molecule has 3 aromatic carbocycles. The molecule has 1 aliphatic rings. The van der Waals surface area contributed by atoms with Gasteiger partial charge in [0.1, 0.15) is 5.54 Å². The molecule has 3 aromatic rings. The Morgan fingerprint density at radius 1 is 0.829 bits per heavy atom. The van der Waals surface area contributed by atoms with Gasteiger partial charge in [-0.3, -0.25) is 9.59 Å². The standard InChI is InChI=1S/C30H35N3O2/c1-23-11-13-25(14-12-23)22-33(28(34)21-24-9-5-4-6-10-24)30(19-7-8-20-30)29(35)31-26-15-17-27(18-16-26)32(2)3/h4-6,9-18H,7-8,19-22H2,1-3H3,(H,31,35). The van der Waals surface area contributed by atoms with E-state index in [1.807, 2.05) is 78.5 Å². The van der Waals surface area contributed by atoms with Gasteiger partial charge in [-0.1, -0.05) is 73.0 Å². The highest BCUT2D eigenvalue weighted by atomic mass is 16.2. The lowest BCUT2D eigenvalue weighted by Crippen LogP contribution is -2.57. The molecule has 182 valence electrons. The number of nitrogens with zero attached hydrogens (tertiary/aromatic N) is 2. The summed E-state index contributed by atoms with van der Waals surface area (Å²) in [7, 11) is 3.98. The van der Waals surface area contributed by atoms with Crippen molar-refractivity contribution in [1.29, 1.82) is 0 Å². The lowest BCUT2D eigenvalue weighted by molar-refractivity contribution is -0.145. The summed E-state index contributed by atoms with van der Waals surface area (Å²) in [5.74, 6) is -0.113. The summed E-state index contributed by atoms with van der Waals surface area (Å²) >= 11 is 0. The van der Waals surface area contributed by atoms with Crippen LogP contribution in [0.25, 0.3) is 0 Å².